The highest BCUT2D eigenvalue weighted by molar-refractivity contribution is 5.97. The van der Waals surface area contributed by atoms with Crippen LogP contribution < -0.4 is 5.32 Å². The molecule has 102 valence electrons. The molecule has 2 aromatic carbocycles. The van der Waals surface area contributed by atoms with Crippen molar-refractivity contribution >= 4 is 12.4 Å². The van der Waals surface area contributed by atoms with Gasteiger partial charge in [0.1, 0.15) is 0 Å². The van der Waals surface area contributed by atoms with E-state index in [2.05, 4.69) is 5.32 Å². The highest BCUT2D eigenvalue weighted by atomic mass is 16.5. The first-order chi connectivity index (χ1) is 9.76. The van der Waals surface area contributed by atoms with E-state index in [1.807, 2.05) is 36.4 Å². The first-order valence-electron chi connectivity index (χ1n) is 6.20. The van der Waals surface area contributed by atoms with Gasteiger partial charge < -0.3 is 10.1 Å². The number of rotatable bonds is 5. The maximum atomic E-state index is 11.7. The van der Waals surface area contributed by atoms with Gasteiger partial charge in [0.05, 0.1) is 12.7 Å². The molecule has 2 rings (SSSR count). The van der Waals surface area contributed by atoms with Crippen molar-refractivity contribution in [2.24, 2.45) is 0 Å². The predicted octanol–water partition coefficient (Wildman–Crippen LogP) is 2.39. The number of hydrogen-bond acceptors (Lipinski definition) is 3. The summed E-state index contributed by atoms with van der Waals surface area (Å²) in [6, 6.07) is 15.0. The SMILES string of the molecule is COC(=O)c1ccccc1-c1ccc(CNC=O)cc1. The van der Waals surface area contributed by atoms with Crippen molar-refractivity contribution in [2.75, 3.05) is 7.11 Å². The highest BCUT2D eigenvalue weighted by Gasteiger charge is 2.12. The van der Waals surface area contributed by atoms with Gasteiger partial charge in [-0.1, -0.05) is 42.5 Å². The molecule has 0 bridgehead atoms. The zero-order chi connectivity index (χ0) is 14.4. The molecule has 4 nitrogen and oxygen atoms in total. The van der Waals surface area contributed by atoms with E-state index in [9.17, 15) is 9.59 Å². The van der Waals surface area contributed by atoms with Gasteiger partial charge in [-0.3, -0.25) is 4.79 Å². The fraction of sp³-hybridized carbons (Fsp3) is 0.125. The number of amides is 1. The summed E-state index contributed by atoms with van der Waals surface area (Å²) in [4.78, 5) is 22.0. The number of benzene rings is 2. The minimum absolute atomic E-state index is 0.354. The molecule has 0 aliphatic carbocycles. The molecule has 0 saturated heterocycles. The van der Waals surface area contributed by atoms with Crippen LogP contribution in [0.2, 0.25) is 0 Å². The average Bonchev–Trinajstić information content (AvgIpc) is 2.52. The number of carbonyl (C=O) groups is 2. The van der Waals surface area contributed by atoms with Crippen LogP contribution >= 0.6 is 0 Å². The second-order valence-corrected chi connectivity index (χ2v) is 4.23. The lowest BCUT2D eigenvalue weighted by molar-refractivity contribution is -0.109. The molecule has 4 heteroatoms. The summed E-state index contributed by atoms with van der Waals surface area (Å²) in [7, 11) is 1.37. The van der Waals surface area contributed by atoms with Crippen molar-refractivity contribution in [3.05, 3.63) is 59.7 Å². The van der Waals surface area contributed by atoms with Crippen LogP contribution in [0.3, 0.4) is 0 Å². The largest absolute Gasteiger partial charge is 0.465 e. The first kappa shape index (κ1) is 13.8. The maximum absolute atomic E-state index is 11.7. The molecule has 0 saturated carbocycles. The second kappa shape index (κ2) is 6.52. The molecular weight excluding hydrogens is 254 g/mol. The number of nitrogens with one attached hydrogen (secondary N) is 1. The molecular formula is C16H15NO3. The topological polar surface area (TPSA) is 55.4 Å². The monoisotopic (exact) mass is 269 g/mol. The maximum Gasteiger partial charge on any atom is 0.338 e. The third-order valence-electron chi connectivity index (χ3n) is 2.99. The van der Waals surface area contributed by atoms with Crippen LogP contribution in [0.25, 0.3) is 11.1 Å². The standard InChI is InChI=1S/C16H15NO3/c1-20-16(19)15-5-3-2-4-14(15)13-8-6-12(7-9-13)10-17-11-18/h2-9,11H,10H2,1H3,(H,17,18). The molecule has 20 heavy (non-hydrogen) atoms. The minimum atomic E-state index is -0.354. The quantitative estimate of drug-likeness (QED) is 0.669. The van der Waals surface area contributed by atoms with Gasteiger partial charge in [0.25, 0.3) is 0 Å². The van der Waals surface area contributed by atoms with E-state index >= 15 is 0 Å². The van der Waals surface area contributed by atoms with Gasteiger partial charge in [-0.2, -0.15) is 0 Å². The second-order valence-electron chi connectivity index (χ2n) is 4.23. The Hall–Kier alpha value is -2.62. The molecule has 0 unspecified atom stereocenters. The van der Waals surface area contributed by atoms with Gasteiger partial charge in [-0.15, -0.1) is 0 Å². The molecule has 0 aromatic heterocycles. The van der Waals surface area contributed by atoms with E-state index in [4.69, 9.17) is 4.74 Å². The van der Waals surface area contributed by atoms with Crippen molar-refractivity contribution in [2.45, 2.75) is 6.54 Å². The van der Waals surface area contributed by atoms with E-state index in [0.29, 0.717) is 18.5 Å². The predicted molar refractivity (Wildman–Crippen MR) is 76.1 cm³/mol. The number of esters is 1. The summed E-state index contributed by atoms with van der Waals surface area (Å²) >= 11 is 0. The Bertz CT molecular complexity index is 605. The van der Waals surface area contributed by atoms with Gasteiger partial charge >= 0.3 is 5.97 Å². The molecule has 1 amide bonds. The Balaban J connectivity index is 2.32. The van der Waals surface area contributed by atoms with Gasteiger partial charge in [-0.25, -0.2) is 4.79 Å². The van der Waals surface area contributed by atoms with E-state index in [-0.39, 0.29) is 5.97 Å². The van der Waals surface area contributed by atoms with Crippen LogP contribution in [0.4, 0.5) is 0 Å². The van der Waals surface area contributed by atoms with Crippen LogP contribution in [-0.2, 0) is 16.1 Å². The number of methoxy groups -OCH3 is 1. The molecule has 0 heterocycles. The van der Waals surface area contributed by atoms with Crippen LogP contribution in [0, 0.1) is 0 Å². The Morgan fingerprint density at radius 3 is 2.50 bits per heavy atom. The van der Waals surface area contributed by atoms with E-state index in [1.54, 1.807) is 12.1 Å². The number of hydrogen-bond donors (Lipinski definition) is 1. The van der Waals surface area contributed by atoms with Gasteiger partial charge in [0.2, 0.25) is 6.41 Å². The smallest absolute Gasteiger partial charge is 0.338 e. The summed E-state index contributed by atoms with van der Waals surface area (Å²) in [6.07, 6.45) is 0.667. The van der Waals surface area contributed by atoms with Crippen molar-refractivity contribution in [3.63, 3.8) is 0 Å². The zero-order valence-corrected chi connectivity index (χ0v) is 11.1. The summed E-state index contributed by atoms with van der Waals surface area (Å²) in [6.45, 7) is 0.489. The Morgan fingerprint density at radius 1 is 1.15 bits per heavy atom. The Kier molecular flexibility index (Phi) is 4.50. The van der Waals surface area contributed by atoms with Crippen LogP contribution in [0.15, 0.2) is 48.5 Å². The third kappa shape index (κ3) is 3.03. The molecule has 2 aromatic rings. The molecule has 0 aliphatic rings. The molecule has 1 N–H and O–H groups in total. The lowest BCUT2D eigenvalue weighted by Crippen LogP contribution is -2.09. The Labute approximate surface area is 117 Å². The van der Waals surface area contributed by atoms with Gasteiger partial charge in [-0.05, 0) is 22.8 Å². The fourth-order valence-corrected chi connectivity index (χ4v) is 1.98. The molecule has 0 radical (unpaired) electrons. The van der Waals surface area contributed by atoms with Gasteiger partial charge in [0.15, 0.2) is 0 Å². The fourth-order valence-electron chi connectivity index (χ4n) is 1.98. The van der Waals surface area contributed by atoms with E-state index in [1.165, 1.54) is 7.11 Å². The normalized spacial score (nSPS) is 9.85. The molecule has 0 atom stereocenters. The molecule has 0 spiro atoms. The third-order valence-corrected chi connectivity index (χ3v) is 2.99. The summed E-state index contributed by atoms with van der Waals surface area (Å²) in [5.74, 6) is -0.354. The van der Waals surface area contributed by atoms with Crippen LogP contribution in [-0.4, -0.2) is 19.5 Å². The zero-order valence-electron chi connectivity index (χ0n) is 11.1. The van der Waals surface area contributed by atoms with Crippen molar-refractivity contribution < 1.29 is 14.3 Å². The number of carbonyl (C=O) groups excluding carboxylic acids is 2. The molecule has 0 fully saturated rings. The van der Waals surface area contributed by atoms with E-state index < -0.39 is 0 Å². The first-order valence-corrected chi connectivity index (χ1v) is 6.20. The summed E-state index contributed by atoms with van der Waals surface area (Å²) in [5.41, 5.74) is 3.29. The van der Waals surface area contributed by atoms with Gasteiger partial charge in [0, 0.05) is 6.54 Å². The summed E-state index contributed by atoms with van der Waals surface area (Å²) in [5, 5.41) is 2.61. The molecule has 0 aliphatic heterocycles. The minimum Gasteiger partial charge on any atom is -0.465 e. The summed E-state index contributed by atoms with van der Waals surface area (Å²) < 4.78 is 4.79. The highest BCUT2D eigenvalue weighted by Crippen LogP contribution is 2.24. The van der Waals surface area contributed by atoms with Crippen LogP contribution in [0.5, 0.6) is 0 Å². The lowest BCUT2D eigenvalue weighted by Gasteiger charge is -2.08. The van der Waals surface area contributed by atoms with Crippen molar-refractivity contribution in [1.29, 1.82) is 0 Å². The lowest BCUT2D eigenvalue weighted by atomic mass is 9.99. The Morgan fingerprint density at radius 2 is 1.85 bits per heavy atom. The average molecular weight is 269 g/mol. The van der Waals surface area contributed by atoms with Crippen LogP contribution in [0.1, 0.15) is 15.9 Å². The van der Waals surface area contributed by atoms with E-state index in [0.717, 1.165) is 16.7 Å². The van der Waals surface area contributed by atoms with Crippen molar-refractivity contribution in [1.82, 2.24) is 5.32 Å². The number of ether oxygens (including phenoxy) is 1. The van der Waals surface area contributed by atoms with Crippen molar-refractivity contribution in [3.8, 4) is 11.1 Å².